The predicted molar refractivity (Wildman–Crippen MR) is 71.4 cm³/mol. The highest BCUT2D eigenvalue weighted by molar-refractivity contribution is 5.92. The van der Waals surface area contributed by atoms with Crippen LogP contribution in [-0.4, -0.2) is 32.3 Å². The van der Waals surface area contributed by atoms with Gasteiger partial charge < -0.3 is 20.5 Å². The van der Waals surface area contributed by atoms with E-state index in [1.165, 1.54) is 18.2 Å². The fourth-order valence-electron chi connectivity index (χ4n) is 1.35. The first-order chi connectivity index (χ1) is 9.13. The molecule has 1 amide bonds. The lowest BCUT2D eigenvalue weighted by atomic mass is 10.2. The van der Waals surface area contributed by atoms with Crippen LogP contribution in [0.2, 0.25) is 0 Å². The van der Waals surface area contributed by atoms with Crippen molar-refractivity contribution in [1.29, 1.82) is 0 Å². The molecule has 1 rings (SSSR count). The van der Waals surface area contributed by atoms with Gasteiger partial charge in [0.15, 0.2) is 0 Å². The monoisotopic (exact) mass is 270 g/mol. The van der Waals surface area contributed by atoms with Crippen molar-refractivity contribution in [3.63, 3.8) is 0 Å². The Labute approximate surface area is 111 Å². The Balaban J connectivity index is 2.25. The van der Waals surface area contributed by atoms with Crippen LogP contribution in [-0.2, 0) is 14.3 Å². The maximum atomic E-state index is 13.3. The highest BCUT2D eigenvalue weighted by atomic mass is 19.1. The predicted octanol–water partition coefficient (Wildman–Crippen LogP) is 1.79. The number of hydrogen-bond acceptors (Lipinski definition) is 4. The zero-order chi connectivity index (χ0) is 14.1. The molecule has 0 spiro atoms. The largest absolute Gasteiger partial charge is 0.399 e. The van der Waals surface area contributed by atoms with Gasteiger partial charge in [-0.3, -0.25) is 4.79 Å². The summed E-state index contributed by atoms with van der Waals surface area (Å²) in [5.74, 6) is -0.964. The highest BCUT2D eigenvalue weighted by Crippen LogP contribution is 2.17. The van der Waals surface area contributed by atoms with Gasteiger partial charge in [0, 0.05) is 12.3 Å². The van der Waals surface area contributed by atoms with Gasteiger partial charge in [0.1, 0.15) is 12.4 Å². The average molecular weight is 270 g/mol. The number of carbonyl (C=O) groups is 1. The van der Waals surface area contributed by atoms with E-state index in [4.69, 9.17) is 15.2 Å². The van der Waals surface area contributed by atoms with Gasteiger partial charge in [0.25, 0.3) is 0 Å². The average Bonchev–Trinajstić information content (AvgIpc) is 2.38. The Morgan fingerprint density at radius 2 is 2.05 bits per heavy atom. The van der Waals surface area contributed by atoms with E-state index in [1.807, 2.05) is 6.92 Å². The van der Waals surface area contributed by atoms with Crippen LogP contribution in [0.5, 0.6) is 0 Å². The first kappa shape index (κ1) is 15.4. The van der Waals surface area contributed by atoms with Gasteiger partial charge in [-0.1, -0.05) is 6.92 Å². The smallest absolute Gasteiger partial charge is 0.250 e. The van der Waals surface area contributed by atoms with Crippen molar-refractivity contribution in [3.8, 4) is 0 Å². The molecule has 5 nitrogen and oxygen atoms in total. The summed E-state index contributed by atoms with van der Waals surface area (Å²) in [5.41, 5.74) is 5.94. The molecule has 0 aromatic heterocycles. The van der Waals surface area contributed by atoms with E-state index in [9.17, 15) is 9.18 Å². The van der Waals surface area contributed by atoms with Gasteiger partial charge in [-0.2, -0.15) is 0 Å². The number of nitrogen functional groups attached to an aromatic ring is 1. The van der Waals surface area contributed by atoms with Crippen LogP contribution in [0.1, 0.15) is 13.3 Å². The Bertz CT molecular complexity index is 413. The molecule has 0 saturated heterocycles. The van der Waals surface area contributed by atoms with E-state index in [1.54, 1.807) is 0 Å². The molecule has 1 aromatic carbocycles. The molecule has 0 atom stereocenters. The van der Waals surface area contributed by atoms with Gasteiger partial charge >= 0.3 is 0 Å². The van der Waals surface area contributed by atoms with Gasteiger partial charge in [0.05, 0.1) is 18.9 Å². The summed E-state index contributed by atoms with van der Waals surface area (Å²) in [6.07, 6.45) is 0.940. The van der Waals surface area contributed by atoms with Gasteiger partial charge in [-0.15, -0.1) is 0 Å². The SMILES string of the molecule is CCCOCCOCC(=O)Nc1cc(N)ccc1F. The summed E-state index contributed by atoms with van der Waals surface area (Å²) in [4.78, 5) is 11.5. The summed E-state index contributed by atoms with van der Waals surface area (Å²) in [6, 6.07) is 3.98. The minimum atomic E-state index is -0.533. The van der Waals surface area contributed by atoms with Crippen molar-refractivity contribution in [2.24, 2.45) is 0 Å². The second-order valence-corrected chi connectivity index (χ2v) is 3.95. The van der Waals surface area contributed by atoms with Crippen molar-refractivity contribution in [3.05, 3.63) is 24.0 Å². The Morgan fingerprint density at radius 3 is 2.79 bits per heavy atom. The topological polar surface area (TPSA) is 73.6 Å². The molecule has 0 unspecified atom stereocenters. The third kappa shape index (κ3) is 6.17. The number of nitrogens with two attached hydrogens (primary N) is 1. The van der Waals surface area contributed by atoms with E-state index < -0.39 is 11.7 Å². The van der Waals surface area contributed by atoms with Crippen LogP contribution in [0.15, 0.2) is 18.2 Å². The molecule has 106 valence electrons. The molecule has 6 heteroatoms. The molecule has 0 saturated carbocycles. The number of hydrogen-bond donors (Lipinski definition) is 2. The minimum Gasteiger partial charge on any atom is -0.399 e. The second-order valence-electron chi connectivity index (χ2n) is 3.95. The van der Waals surface area contributed by atoms with Crippen LogP contribution < -0.4 is 11.1 Å². The number of ether oxygens (including phenoxy) is 2. The minimum absolute atomic E-state index is 0.0517. The summed E-state index contributed by atoms with van der Waals surface area (Å²) in [5, 5.41) is 2.39. The molecule has 0 aliphatic rings. The fraction of sp³-hybridized carbons (Fsp3) is 0.462. The summed E-state index contributed by atoms with van der Waals surface area (Å²) in [6.45, 7) is 3.29. The van der Waals surface area contributed by atoms with E-state index >= 15 is 0 Å². The first-order valence-corrected chi connectivity index (χ1v) is 6.14. The van der Waals surface area contributed by atoms with Crippen LogP contribution in [0, 0.1) is 5.82 Å². The number of benzene rings is 1. The fourth-order valence-corrected chi connectivity index (χ4v) is 1.35. The molecule has 0 aliphatic carbocycles. The van der Waals surface area contributed by atoms with Crippen molar-refractivity contribution in [1.82, 2.24) is 0 Å². The van der Waals surface area contributed by atoms with Crippen LogP contribution in [0.4, 0.5) is 15.8 Å². The van der Waals surface area contributed by atoms with Crippen LogP contribution in [0.3, 0.4) is 0 Å². The quantitative estimate of drug-likeness (QED) is 0.558. The first-order valence-electron chi connectivity index (χ1n) is 6.14. The molecule has 3 N–H and O–H groups in total. The van der Waals surface area contributed by atoms with E-state index in [0.29, 0.717) is 25.5 Å². The van der Waals surface area contributed by atoms with E-state index in [2.05, 4.69) is 5.32 Å². The van der Waals surface area contributed by atoms with Crippen molar-refractivity contribution in [2.45, 2.75) is 13.3 Å². The second kappa shape index (κ2) is 8.44. The van der Waals surface area contributed by atoms with Gasteiger partial charge in [0.2, 0.25) is 5.91 Å². The zero-order valence-corrected chi connectivity index (χ0v) is 10.9. The lowest BCUT2D eigenvalue weighted by Crippen LogP contribution is -2.20. The van der Waals surface area contributed by atoms with Crippen LogP contribution >= 0.6 is 0 Å². The van der Waals surface area contributed by atoms with Crippen molar-refractivity contribution < 1.29 is 18.7 Å². The molecule has 1 aromatic rings. The Morgan fingerprint density at radius 1 is 1.32 bits per heavy atom. The number of anilines is 2. The van der Waals surface area contributed by atoms with E-state index in [-0.39, 0.29) is 12.3 Å². The number of amides is 1. The van der Waals surface area contributed by atoms with Crippen LogP contribution in [0.25, 0.3) is 0 Å². The molecule has 0 aliphatic heterocycles. The van der Waals surface area contributed by atoms with Crippen molar-refractivity contribution in [2.75, 3.05) is 37.5 Å². The lowest BCUT2D eigenvalue weighted by Gasteiger charge is -2.08. The van der Waals surface area contributed by atoms with Gasteiger partial charge in [-0.25, -0.2) is 4.39 Å². The van der Waals surface area contributed by atoms with E-state index in [0.717, 1.165) is 6.42 Å². The third-order valence-electron chi connectivity index (χ3n) is 2.22. The van der Waals surface area contributed by atoms with Crippen molar-refractivity contribution >= 4 is 17.3 Å². The molecule has 0 heterocycles. The molecule has 0 bridgehead atoms. The number of carbonyl (C=O) groups excluding carboxylic acids is 1. The molecule has 0 radical (unpaired) electrons. The Kier molecular flexibility index (Phi) is 6.84. The third-order valence-corrected chi connectivity index (χ3v) is 2.22. The normalized spacial score (nSPS) is 10.4. The number of nitrogens with one attached hydrogen (secondary N) is 1. The zero-order valence-electron chi connectivity index (χ0n) is 10.9. The standard InChI is InChI=1S/C13H19FN2O3/c1-2-5-18-6-7-19-9-13(17)16-12-8-10(15)3-4-11(12)14/h3-4,8H,2,5-7,9,15H2,1H3,(H,16,17). The molecule has 19 heavy (non-hydrogen) atoms. The number of rotatable bonds is 8. The number of halogens is 1. The summed E-state index contributed by atoms with van der Waals surface area (Å²) >= 11 is 0. The highest BCUT2D eigenvalue weighted by Gasteiger charge is 2.07. The molecular weight excluding hydrogens is 251 g/mol. The maximum Gasteiger partial charge on any atom is 0.250 e. The van der Waals surface area contributed by atoms with Gasteiger partial charge in [-0.05, 0) is 24.6 Å². The molecular formula is C13H19FN2O3. The summed E-state index contributed by atoms with van der Waals surface area (Å²) in [7, 11) is 0. The lowest BCUT2D eigenvalue weighted by molar-refractivity contribution is -0.121. The summed E-state index contributed by atoms with van der Waals surface area (Å²) < 4.78 is 23.6. The Hall–Kier alpha value is -1.66. The molecule has 0 fully saturated rings. The maximum absolute atomic E-state index is 13.3.